The topological polar surface area (TPSA) is 37.8 Å². The van der Waals surface area contributed by atoms with Crippen LogP contribution in [0.25, 0.3) is 5.70 Å². The molecule has 0 bridgehead atoms. The van der Waals surface area contributed by atoms with Gasteiger partial charge in [-0.05, 0) is 6.92 Å². The van der Waals surface area contributed by atoms with Gasteiger partial charge in [-0.25, -0.2) is 9.97 Å². The van der Waals surface area contributed by atoms with E-state index in [1.54, 1.807) is 12.4 Å². The lowest BCUT2D eigenvalue weighted by Gasteiger charge is -2.06. The van der Waals surface area contributed by atoms with Gasteiger partial charge in [-0.2, -0.15) is 0 Å². The number of aromatic nitrogens is 2. The first-order valence-electron chi connectivity index (χ1n) is 4.52. The van der Waals surface area contributed by atoms with Crippen molar-refractivity contribution in [3.8, 4) is 0 Å². The van der Waals surface area contributed by atoms with Crippen molar-refractivity contribution < 1.29 is 1.43 Å². The summed E-state index contributed by atoms with van der Waals surface area (Å²) in [5.74, 6) is 0.869. The second-order valence-corrected chi connectivity index (χ2v) is 2.75. The second-order valence-electron chi connectivity index (χ2n) is 2.75. The maximum atomic E-state index is 4.19. The average Bonchev–Trinajstić information content (AvgIpc) is 2.18. The first-order valence-corrected chi connectivity index (χ1v) is 4.52. The molecule has 0 spiro atoms. The third kappa shape index (κ3) is 2.54. The maximum Gasteiger partial charge on any atom is 0.127 e. The van der Waals surface area contributed by atoms with Gasteiger partial charge in [0.05, 0.1) is 0 Å². The van der Waals surface area contributed by atoms with E-state index in [-0.39, 0.29) is 1.43 Å². The molecule has 1 rings (SSSR count). The normalized spacial score (nSPS) is 9.69. The smallest absolute Gasteiger partial charge is 0.127 e. The maximum absolute atomic E-state index is 4.19. The summed E-state index contributed by atoms with van der Waals surface area (Å²) in [4.78, 5) is 8.38. The van der Waals surface area contributed by atoms with Crippen molar-refractivity contribution in [1.82, 2.24) is 15.3 Å². The van der Waals surface area contributed by atoms with Crippen LogP contribution in [0.3, 0.4) is 0 Å². The van der Waals surface area contributed by atoms with Crippen LogP contribution in [0, 0.1) is 0 Å². The molecule has 0 fully saturated rings. The Labute approximate surface area is 80.4 Å². The molecule has 0 amide bonds. The zero-order valence-corrected chi connectivity index (χ0v) is 8.17. The molecule has 13 heavy (non-hydrogen) atoms. The number of aryl methyl sites for hydroxylation is 1. The molecule has 1 heterocycles. The molecule has 0 aliphatic heterocycles. The molecule has 1 aromatic rings. The second kappa shape index (κ2) is 4.60. The molecule has 0 radical (unpaired) electrons. The predicted molar refractivity (Wildman–Crippen MR) is 56.2 cm³/mol. The minimum absolute atomic E-state index is 0. The van der Waals surface area contributed by atoms with Crippen LogP contribution in [0.2, 0.25) is 0 Å². The van der Waals surface area contributed by atoms with Gasteiger partial charge < -0.3 is 5.32 Å². The lowest BCUT2D eigenvalue weighted by atomic mass is 10.2. The van der Waals surface area contributed by atoms with Crippen molar-refractivity contribution >= 4 is 5.70 Å². The van der Waals surface area contributed by atoms with Gasteiger partial charge >= 0.3 is 0 Å². The Morgan fingerprint density at radius 1 is 1.46 bits per heavy atom. The summed E-state index contributed by atoms with van der Waals surface area (Å²) in [6, 6.07) is 0. The monoisotopic (exact) mass is 179 g/mol. The first kappa shape index (κ1) is 9.71. The highest BCUT2D eigenvalue weighted by atomic mass is 14.9. The van der Waals surface area contributed by atoms with Crippen LogP contribution in [-0.2, 0) is 6.42 Å². The van der Waals surface area contributed by atoms with Gasteiger partial charge in [0.15, 0.2) is 0 Å². The summed E-state index contributed by atoms with van der Waals surface area (Å²) in [7, 11) is 0. The van der Waals surface area contributed by atoms with Crippen LogP contribution in [0.5, 0.6) is 0 Å². The Bertz CT molecular complexity index is 282. The number of nitrogens with zero attached hydrogens (tertiary/aromatic N) is 2. The Kier molecular flexibility index (Phi) is 3.43. The lowest BCUT2D eigenvalue weighted by Crippen LogP contribution is -2.10. The predicted octanol–water partition coefficient (Wildman–Crippen LogP) is 1.87. The summed E-state index contributed by atoms with van der Waals surface area (Å²) in [5, 5.41) is 3.12. The fourth-order valence-corrected chi connectivity index (χ4v) is 1.01. The molecule has 3 heteroatoms. The van der Waals surface area contributed by atoms with E-state index in [4.69, 9.17) is 0 Å². The molecular weight excluding hydrogens is 162 g/mol. The summed E-state index contributed by atoms with van der Waals surface area (Å²) < 4.78 is 0. The van der Waals surface area contributed by atoms with Crippen LogP contribution in [-0.4, -0.2) is 16.5 Å². The first-order chi connectivity index (χ1) is 6.27. The van der Waals surface area contributed by atoms with Gasteiger partial charge in [-0.3, -0.25) is 0 Å². The van der Waals surface area contributed by atoms with Crippen LogP contribution in [0.15, 0.2) is 19.0 Å². The Morgan fingerprint density at radius 3 is 2.54 bits per heavy atom. The van der Waals surface area contributed by atoms with Gasteiger partial charge in [0.2, 0.25) is 0 Å². The molecule has 3 nitrogen and oxygen atoms in total. The van der Waals surface area contributed by atoms with Crippen LogP contribution >= 0.6 is 0 Å². The van der Waals surface area contributed by atoms with Crippen molar-refractivity contribution in [1.29, 1.82) is 0 Å². The largest absolute Gasteiger partial charge is 0.385 e. The fourth-order valence-electron chi connectivity index (χ4n) is 1.01. The summed E-state index contributed by atoms with van der Waals surface area (Å²) in [6.07, 6.45) is 4.47. The molecule has 0 aliphatic carbocycles. The van der Waals surface area contributed by atoms with Gasteiger partial charge in [-0.15, -0.1) is 0 Å². The van der Waals surface area contributed by atoms with E-state index < -0.39 is 0 Å². The van der Waals surface area contributed by atoms with Crippen molar-refractivity contribution in [2.24, 2.45) is 0 Å². The van der Waals surface area contributed by atoms with Crippen LogP contribution in [0.1, 0.15) is 26.7 Å². The Balaban J connectivity index is 0.00000169. The van der Waals surface area contributed by atoms with Crippen LogP contribution < -0.4 is 5.32 Å². The van der Waals surface area contributed by atoms with E-state index in [9.17, 15) is 0 Å². The summed E-state index contributed by atoms with van der Waals surface area (Å²) in [5.41, 5.74) is 1.84. The van der Waals surface area contributed by atoms with E-state index in [0.29, 0.717) is 0 Å². The molecule has 0 atom stereocenters. The highest BCUT2D eigenvalue weighted by Gasteiger charge is 1.98. The van der Waals surface area contributed by atoms with Crippen molar-refractivity contribution in [3.63, 3.8) is 0 Å². The number of hydrogen-bond acceptors (Lipinski definition) is 3. The molecule has 1 aromatic heterocycles. The average molecular weight is 179 g/mol. The standard InChI is InChI=1S/C10H15N3.H2/c1-4-10-12-6-9(7-13-10)8(3)11-5-2;/h6-7,11H,3-5H2,1-2H3;1H. The number of nitrogens with one attached hydrogen (secondary N) is 1. The van der Waals surface area contributed by atoms with Crippen LogP contribution in [0.4, 0.5) is 0 Å². The van der Waals surface area contributed by atoms with E-state index in [1.807, 2.05) is 13.8 Å². The van der Waals surface area contributed by atoms with Gasteiger partial charge in [0, 0.05) is 38.0 Å². The highest BCUT2D eigenvalue weighted by molar-refractivity contribution is 5.59. The van der Waals surface area contributed by atoms with Gasteiger partial charge in [0.1, 0.15) is 5.82 Å². The third-order valence-corrected chi connectivity index (χ3v) is 1.76. The van der Waals surface area contributed by atoms with Crippen molar-refractivity contribution in [2.75, 3.05) is 6.54 Å². The molecule has 0 saturated carbocycles. The highest BCUT2D eigenvalue weighted by Crippen LogP contribution is 2.05. The zero-order valence-electron chi connectivity index (χ0n) is 8.17. The zero-order chi connectivity index (χ0) is 9.68. The minimum Gasteiger partial charge on any atom is -0.385 e. The number of rotatable bonds is 4. The molecule has 0 aromatic carbocycles. The van der Waals surface area contributed by atoms with Gasteiger partial charge in [0.25, 0.3) is 0 Å². The fraction of sp³-hybridized carbons (Fsp3) is 0.400. The van der Waals surface area contributed by atoms with E-state index in [2.05, 4.69) is 21.9 Å². The minimum atomic E-state index is 0. The van der Waals surface area contributed by atoms with E-state index >= 15 is 0 Å². The third-order valence-electron chi connectivity index (χ3n) is 1.76. The molecule has 0 unspecified atom stereocenters. The summed E-state index contributed by atoms with van der Waals surface area (Å²) in [6.45, 7) is 8.82. The van der Waals surface area contributed by atoms with E-state index in [1.165, 1.54) is 0 Å². The molecule has 1 N–H and O–H groups in total. The van der Waals surface area contributed by atoms with Crippen molar-refractivity contribution in [3.05, 3.63) is 30.4 Å². The SMILES string of the molecule is C=C(NCC)c1cnc(CC)nc1.[HH]. The molecular formula is C10H17N3. The molecule has 72 valence electrons. The quantitative estimate of drug-likeness (QED) is 0.766. The summed E-state index contributed by atoms with van der Waals surface area (Å²) >= 11 is 0. The van der Waals surface area contributed by atoms with Crippen molar-refractivity contribution in [2.45, 2.75) is 20.3 Å². The van der Waals surface area contributed by atoms with E-state index in [0.717, 1.165) is 30.1 Å². The number of hydrogen-bond donors (Lipinski definition) is 1. The Hall–Kier alpha value is -1.38. The molecule has 0 aliphatic rings. The van der Waals surface area contributed by atoms with Gasteiger partial charge in [-0.1, -0.05) is 13.5 Å². The Morgan fingerprint density at radius 2 is 2.08 bits per heavy atom. The lowest BCUT2D eigenvalue weighted by molar-refractivity contribution is 0.912. The molecule has 0 saturated heterocycles.